The maximum absolute atomic E-state index is 12.2. The van der Waals surface area contributed by atoms with Crippen molar-refractivity contribution in [2.75, 3.05) is 5.73 Å². The number of para-hydroxylation sites is 1. The Hall–Kier alpha value is -2.54. The predicted octanol–water partition coefficient (Wildman–Crippen LogP) is 3.32. The van der Waals surface area contributed by atoms with Crippen LogP contribution in [-0.2, 0) is 16.8 Å². The molecule has 0 aliphatic carbocycles. The fourth-order valence-corrected chi connectivity index (χ4v) is 3.00. The first-order valence-corrected chi connectivity index (χ1v) is 8.31. The molecule has 0 atom stereocenters. The van der Waals surface area contributed by atoms with Crippen LogP contribution >= 0.6 is 11.3 Å². The van der Waals surface area contributed by atoms with E-state index in [-0.39, 0.29) is 12.0 Å². The number of hydrogen-bond donors (Lipinski definition) is 1. The van der Waals surface area contributed by atoms with Crippen molar-refractivity contribution >= 4 is 34.0 Å². The lowest BCUT2D eigenvalue weighted by Gasteiger charge is -2.13. The minimum Gasteiger partial charge on any atom is -0.453 e. The molecule has 0 bridgehead atoms. The number of aromatic nitrogens is 3. The number of benzene rings is 1. The van der Waals surface area contributed by atoms with Gasteiger partial charge in [-0.2, -0.15) is 0 Å². The number of carbonyl (C=O) groups excluding carboxylic acids is 1. The van der Waals surface area contributed by atoms with Crippen LogP contribution in [0.4, 0.5) is 5.82 Å². The molecule has 2 N–H and O–H groups in total. The Morgan fingerprint density at radius 2 is 2.00 bits per heavy atom. The van der Waals surface area contributed by atoms with Crippen molar-refractivity contribution < 1.29 is 9.53 Å². The summed E-state index contributed by atoms with van der Waals surface area (Å²) in [6, 6.07) is 7.44. The minimum absolute atomic E-state index is 0.0311. The van der Waals surface area contributed by atoms with Gasteiger partial charge in [-0.3, -0.25) is 0 Å². The van der Waals surface area contributed by atoms with E-state index in [0.29, 0.717) is 16.5 Å². The number of hydrogen-bond acceptors (Lipinski definition) is 7. The molecule has 1 aromatic carbocycles. The van der Waals surface area contributed by atoms with Gasteiger partial charge in [-0.1, -0.05) is 32.9 Å². The molecule has 0 fully saturated rings. The fourth-order valence-electron chi connectivity index (χ4n) is 2.13. The number of ether oxygens (including phenoxy) is 1. The van der Waals surface area contributed by atoms with E-state index in [1.807, 2.05) is 45.0 Å². The van der Waals surface area contributed by atoms with Gasteiger partial charge in [0, 0.05) is 10.8 Å². The Kier molecular flexibility index (Phi) is 4.19. The quantitative estimate of drug-likeness (QED) is 0.734. The van der Waals surface area contributed by atoms with Crippen molar-refractivity contribution in [2.45, 2.75) is 32.8 Å². The van der Waals surface area contributed by atoms with E-state index in [9.17, 15) is 4.79 Å². The molecule has 0 aliphatic heterocycles. The van der Waals surface area contributed by atoms with Crippen LogP contribution < -0.4 is 5.73 Å². The van der Waals surface area contributed by atoms with Gasteiger partial charge in [-0.05, 0) is 12.1 Å². The third-order valence-electron chi connectivity index (χ3n) is 3.36. The molecule has 2 heterocycles. The van der Waals surface area contributed by atoms with Crippen LogP contribution in [0, 0.1) is 0 Å². The lowest BCUT2D eigenvalue weighted by Crippen LogP contribution is -2.10. The lowest BCUT2D eigenvalue weighted by atomic mass is 9.98. The average molecular weight is 342 g/mol. The number of nitrogens with zero attached hydrogens (tertiary/aromatic N) is 3. The summed E-state index contributed by atoms with van der Waals surface area (Å²) >= 11 is 1.34. The Labute approximate surface area is 143 Å². The van der Waals surface area contributed by atoms with Crippen LogP contribution in [0.25, 0.3) is 10.9 Å². The first kappa shape index (κ1) is 16.3. The van der Waals surface area contributed by atoms with Gasteiger partial charge < -0.3 is 10.5 Å². The van der Waals surface area contributed by atoms with E-state index < -0.39 is 5.97 Å². The average Bonchev–Trinajstić information content (AvgIpc) is 3.03. The molecule has 0 amide bonds. The number of nitrogens with two attached hydrogens (primary N) is 1. The molecule has 3 aromatic rings. The molecule has 6 nitrogen and oxygen atoms in total. The number of esters is 1. The third-order valence-corrected chi connectivity index (χ3v) is 4.76. The second kappa shape index (κ2) is 6.16. The highest BCUT2D eigenvalue weighted by molar-refractivity contribution is 7.13. The van der Waals surface area contributed by atoms with Crippen LogP contribution in [-0.4, -0.2) is 20.9 Å². The zero-order valence-electron chi connectivity index (χ0n) is 13.7. The summed E-state index contributed by atoms with van der Waals surface area (Å²) in [7, 11) is 0. The summed E-state index contributed by atoms with van der Waals surface area (Å²) in [5.74, 6) is 0.317. The molecule has 3 rings (SSSR count). The highest BCUT2D eigenvalue weighted by Crippen LogP contribution is 2.27. The minimum atomic E-state index is -0.432. The van der Waals surface area contributed by atoms with Crippen molar-refractivity contribution in [3.63, 3.8) is 0 Å². The van der Waals surface area contributed by atoms with Crippen LogP contribution in [0.5, 0.6) is 0 Å². The van der Waals surface area contributed by atoms with Crippen LogP contribution in [0.2, 0.25) is 0 Å². The second-order valence-electron chi connectivity index (χ2n) is 6.40. The zero-order chi connectivity index (χ0) is 17.3. The summed E-state index contributed by atoms with van der Waals surface area (Å²) in [4.78, 5) is 25.5. The maximum Gasteiger partial charge on any atom is 0.350 e. The first-order valence-electron chi connectivity index (χ1n) is 7.49. The van der Waals surface area contributed by atoms with Gasteiger partial charge in [0.25, 0.3) is 0 Å². The number of rotatable bonds is 3. The van der Waals surface area contributed by atoms with E-state index in [1.165, 1.54) is 11.3 Å². The van der Waals surface area contributed by atoms with Crippen LogP contribution in [0.15, 0.2) is 30.5 Å². The SMILES string of the molecule is CC(C)(C)c1ncc(C(=O)OCc2nc(N)c3ccccc3n2)s1. The van der Waals surface area contributed by atoms with E-state index in [0.717, 1.165) is 15.9 Å². The molecule has 0 saturated heterocycles. The molecule has 0 spiro atoms. The number of anilines is 1. The Morgan fingerprint density at radius 3 is 2.71 bits per heavy atom. The number of fused-ring (bicyclic) bond motifs is 1. The van der Waals surface area contributed by atoms with E-state index in [4.69, 9.17) is 10.5 Å². The molecular formula is C17H18N4O2S. The van der Waals surface area contributed by atoms with Crippen molar-refractivity contribution in [1.82, 2.24) is 15.0 Å². The summed E-state index contributed by atoms with van der Waals surface area (Å²) in [5.41, 5.74) is 6.55. The highest BCUT2D eigenvalue weighted by atomic mass is 32.1. The molecule has 124 valence electrons. The molecule has 0 saturated carbocycles. The van der Waals surface area contributed by atoms with Gasteiger partial charge in [-0.15, -0.1) is 11.3 Å². The summed E-state index contributed by atoms with van der Waals surface area (Å²) in [5, 5.41) is 1.67. The smallest absolute Gasteiger partial charge is 0.350 e. The number of nitrogen functional groups attached to an aromatic ring is 1. The van der Waals surface area contributed by atoms with Gasteiger partial charge in [0.2, 0.25) is 0 Å². The van der Waals surface area contributed by atoms with Gasteiger partial charge in [0.1, 0.15) is 10.7 Å². The predicted molar refractivity (Wildman–Crippen MR) is 93.9 cm³/mol. The first-order chi connectivity index (χ1) is 11.3. The van der Waals surface area contributed by atoms with Crippen molar-refractivity contribution in [3.05, 3.63) is 46.2 Å². The summed E-state index contributed by atoms with van der Waals surface area (Å²) < 4.78 is 5.29. The van der Waals surface area contributed by atoms with Crippen LogP contribution in [0.1, 0.15) is 41.3 Å². The van der Waals surface area contributed by atoms with Crippen molar-refractivity contribution in [2.24, 2.45) is 0 Å². The monoisotopic (exact) mass is 342 g/mol. The number of thiazole rings is 1. The molecule has 7 heteroatoms. The van der Waals surface area contributed by atoms with Gasteiger partial charge in [-0.25, -0.2) is 19.7 Å². The van der Waals surface area contributed by atoms with E-state index in [1.54, 1.807) is 6.20 Å². The standard InChI is InChI=1S/C17H18N4O2S/c1-17(2,3)16-19-8-12(24-16)15(22)23-9-13-20-11-7-5-4-6-10(11)14(18)21-13/h4-8H,9H2,1-3H3,(H2,18,20,21). The molecule has 2 aromatic heterocycles. The molecule has 0 unspecified atom stereocenters. The lowest BCUT2D eigenvalue weighted by molar-refractivity contribution is 0.0468. The molecule has 0 aliphatic rings. The summed E-state index contributed by atoms with van der Waals surface area (Å²) in [6.45, 7) is 6.11. The van der Waals surface area contributed by atoms with Gasteiger partial charge in [0.15, 0.2) is 12.4 Å². The van der Waals surface area contributed by atoms with E-state index in [2.05, 4.69) is 15.0 Å². The van der Waals surface area contributed by atoms with Gasteiger partial charge in [0.05, 0.1) is 16.7 Å². The van der Waals surface area contributed by atoms with Crippen molar-refractivity contribution in [3.8, 4) is 0 Å². The maximum atomic E-state index is 12.2. The zero-order valence-corrected chi connectivity index (χ0v) is 14.6. The summed E-state index contributed by atoms with van der Waals surface area (Å²) in [6.07, 6.45) is 1.54. The third kappa shape index (κ3) is 3.35. The second-order valence-corrected chi connectivity index (χ2v) is 7.43. The fraction of sp³-hybridized carbons (Fsp3) is 0.294. The Bertz CT molecular complexity index is 899. The Balaban J connectivity index is 1.73. The van der Waals surface area contributed by atoms with Crippen LogP contribution in [0.3, 0.4) is 0 Å². The van der Waals surface area contributed by atoms with Crippen molar-refractivity contribution in [1.29, 1.82) is 0 Å². The highest BCUT2D eigenvalue weighted by Gasteiger charge is 2.21. The van der Waals surface area contributed by atoms with Gasteiger partial charge >= 0.3 is 5.97 Å². The normalized spacial score (nSPS) is 11.6. The molecule has 0 radical (unpaired) electrons. The topological polar surface area (TPSA) is 91.0 Å². The Morgan fingerprint density at radius 1 is 1.25 bits per heavy atom. The largest absolute Gasteiger partial charge is 0.453 e. The van der Waals surface area contributed by atoms with E-state index >= 15 is 0 Å². The number of carbonyl (C=O) groups is 1. The molecular weight excluding hydrogens is 324 g/mol. The molecule has 24 heavy (non-hydrogen) atoms.